The molecule has 0 fully saturated rings. The number of likely N-dealkylation sites (N-methyl/N-ethyl adjacent to an activating group) is 1. The molecule has 0 bridgehead atoms. The summed E-state index contributed by atoms with van der Waals surface area (Å²) in [4.78, 5) is 37.5. The van der Waals surface area contributed by atoms with Crippen LogP contribution in [0.3, 0.4) is 0 Å². The third kappa shape index (κ3) is 42.5. The minimum atomic E-state index is -4.65. The third-order valence-corrected chi connectivity index (χ3v) is 9.55. The largest absolute Gasteiger partial charge is 0.756 e. The van der Waals surface area contributed by atoms with Crippen LogP contribution < -0.4 is 4.89 Å². The summed E-state index contributed by atoms with van der Waals surface area (Å²) in [6, 6.07) is 0. The van der Waals surface area contributed by atoms with Crippen LogP contribution in [0.2, 0.25) is 0 Å². The average molecular weight is 830 g/mol. The smallest absolute Gasteiger partial charge is 0.306 e. The lowest BCUT2D eigenvalue weighted by Gasteiger charge is -2.28. The maximum atomic E-state index is 12.7. The van der Waals surface area contributed by atoms with E-state index in [9.17, 15) is 19.0 Å². The zero-order valence-electron chi connectivity index (χ0n) is 36.9. The van der Waals surface area contributed by atoms with E-state index in [1.165, 1.54) is 25.7 Å². The van der Waals surface area contributed by atoms with E-state index in [1.54, 1.807) is 0 Å². The zero-order chi connectivity index (χ0) is 42.8. The fourth-order valence-electron chi connectivity index (χ4n) is 5.16. The highest BCUT2D eigenvalue weighted by molar-refractivity contribution is 7.45. The fraction of sp³-hybridized carbons (Fsp3) is 0.625. The number of quaternary nitrogens is 1. The molecule has 0 saturated carbocycles. The first-order valence-corrected chi connectivity index (χ1v) is 23.4. The van der Waals surface area contributed by atoms with E-state index in [0.29, 0.717) is 23.9 Å². The summed E-state index contributed by atoms with van der Waals surface area (Å²) >= 11 is 0. The van der Waals surface area contributed by atoms with Crippen molar-refractivity contribution in [1.29, 1.82) is 0 Å². The second kappa shape index (κ2) is 39.4. The molecule has 58 heavy (non-hydrogen) atoms. The Balaban J connectivity index is 4.52. The Bertz CT molecular complexity index is 1300. The quantitative estimate of drug-likeness (QED) is 0.0199. The van der Waals surface area contributed by atoms with Crippen molar-refractivity contribution < 1.29 is 42.1 Å². The molecule has 0 aromatic carbocycles. The summed E-state index contributed by atoms with van der Waals surface area (Å²) in [6.45, 7) is 3.96. The number of hydrogen-bond acceptors (Lipinski definition) is 8. The molecule has 0 heterocycles. The zero-order valence-corrected chi connectivity index (χ0v) is 37.8. The number of hydrogen-bond donors (Lipinski definition) is 0. The molecule has 0 radical (unpaired) electrons. The van der Waals surface area contributed by atoms with Crippen LogP contribution in [0, 0.1) is 0 Å². The molecule has 2 atom stereocenters. The van der Waals surface area contributed by atoms with Gasteiger partial charge in [-0.1, -0.05) is 130 Å². The summed E-state index contributed by atoms with van der Waals surface area (Å²) in [5, 5.41) is 0. The van der Waals surface area contributed by atoms with E-state index < -0.39 is 32.5 Å². The maximum Gasteiger partial charge on any atom is 0.306 e. The van der Waals surface area contributed by atoms with Gasteiger partial charge in [0.05, 0.1) is 27.7 Å². The summed E-state index contributed by atoms with van der Waals surface area (Å²) in [5.41, 5.74) is 0. The number of carbonyl (C=O) groups is 2. The molecule has 0 N–H and O–H groups in total. The van der Waals surface area contributed by atoms with Gasteiger partial charge in [0, 0.05) is 12.8 Å². The Morgan fingerprint density at radius 3 is 1.47 bits per heavy atom. The number of ether oxygens (including phenoxy) is 2. The van der Waals surface area contributed by atoms with E-state index in [0.717, 1.165) is 77.0 Å². The number of rotatable bonds is 38. The Morgan fingerprint density at radius 1 is 0.552 bits per heavy atom. The van der Waals surface area contributed by atoms with Crippen LogP contribution in [0.25, 0.3) is 0 Å². The van der Waals surface area contributed by atoms with E-state index >= 15 is 0 Å². The maximum absolute atomic E-state index is 12.7. The van der Waals surface area contributed by atoms with Gasteiger partial charge in [-0.15, -0.1) is 0 Å². The van der Waals surface area contributed by atoms with Gasteiger partial charge in [0.15, 0.2) is 6.10 Å². The standard InChI is InChI=1S/C48H80NO8P/c1-6-8-10-12-14-16-18-20-22-23-24-25-27-29-31-33-35-37-39-41-48(51)57-46(45-56-58(52,53)55-43-42-49(3,4)5)44-54-47(50)40-38-36-34-32-30-28-26-21-19-17-15-13-11-9-7-2/h9,11,14-17,20-22,24-26,29-32,46H,6-8,10,12-13,18-19,23,27-28,33-45H2,1-5H3/b11-9-,16-14-,17-15-,22-20-,25-24-,26-21-,31-29-,32-30-/t46-/m1/s1. The van der Waals surface area contributed by atoms with E-state index in [1.807, 2.05) is 21.1 Å². The van der Waals surface area contributed by atoms with Gasteiger partial charge in [-0.3, -0.25) is 14.2 Å². The summed E-state index contributed by atoms with van der Waals surface area (Å²) in [5.74, 6) is -0.931. The van der Waals surface area contributed by atoms with Crippen molar-refractivity contribution >= 4 is 19.8 Å². The van der Waals surface area contributed by atoms with E-state index in [-0.39, 0.29) is 26.1 Å². The molecule has 0 aliphatic carbocycles. The molecule has 0 amide bonds. The first-order chi connectivity index (χ1) is 28.0. The van der Waals surface area contributed by atoms with Crippen molar-refractivity contribution in [3.8, 4) is 0 Å². The highest BCUT2D eigenvalue weighted by atomic mass is 31.2. The summed E-state index contributed by atoms with van der Waals surface area (Å²) < 4.78 is 33.8. The van der Waals surface area contributed by atoms with Crippen LogP contribution in [-0.4, -0.2) is 70.0 Å². The molecule has 0 spiro atoms. The summed E-state index contributed by atoms with van der Waals surface area (Å²) in [7, 11) is 1.10. The normalized spacial score (nSPS) is 14.5. The lowest BCUT2D eigenvalue weighted by molar-refractivity contribution is -0.870. The minimum Gasteiger partial charge on any atom is -0.756 e. The number of phosphoric ester groups is 1. The SMILES string of the molecule is CC/C=C\C/C=C\C/C=C\C/C=C\CCCCC(=O)OC[C@H](COP(=O)([O-])OCC[N+](C)(C)C)OC(=O)CCCCC/C=C\C/C=C\C/C=C\C/C=C\CCCCC. The van der Waals surface area contributed by atoms with Crippen molar-refractivity contribution in [2.24, 2.45) is 0 Å². The molecule has 9 nitrogen and oxygen atoms in total. The topological polar surface area (TPSA) is 111 Å². The molecule has 330 valence electrons. The minimum absolute atomic E-state index is 0.0499. The highest BCUT2D eigenvalue weighted by Gasteiger charge is 2.21. The number of unbranched alkanes of at least 4 members (excludes halogenated alkanes) is 8. The second-order valence-corrected chi connectivity index (χ2v) is 16.7. The Morgan fingerprint density at radius 2 is 0.983 bits per heavy atom. The summed E-state index contributed by atoms with van der Waals surface area (Å²) in [6.07, 6.45) is 51.5. The van der Waals surface area contributed by atoms with Gasteiger partial charge in [-0.2, -0.15) is 0 Å². The van der Waals surface area contributed by atoms with Gasteiger partial charge < -0.3 is 27.9 Å². The first-order valence-electron chi connectivity index (χ1n) is 21.9. The van der Waals surface area contributed by atoms with E-state index in [2.05, 4.69) is 111 Å². The number of carbonyl (C=O) groups excluding carboxylic acids is 2. The molecule has 0 aromatic rings. The van der Waals surface area contributed by atoms with Crippen molar-refractivity contribution in [2.45, 2.75) is 148 Å². The Labute approximate surface area is 353 Å². The van der Waals surface area contributed by atoms with Crippen LogP contribution >= 0.6 is 7.82 Å². The molecular formula is C48H80NO8P. The monoisotopic (exact) mass is 830 g/mol. The number of phosphoric acid groups is 1. The van der Waals surface area contributed by atoms with Crippen molar-refractivity contribution in [1.82, 2.24) is 0 Å². The van der Waals surface area contributed by atoms with Crippen LogP contribution in [0.4, 0.5) is 0 Å². The fourth-order valence-corrected chi connectivity index (χ4v) is 5.88. The van der Waals surface area contributed by atoms with Crippen molar-refractivity contribution in [3.05, 3.63) is 97.2 Å². The molecule has 0 aliphatic rings. The lowest BCUT2D eigenvalue weighted by Crippen LogP contribution is -2.37. The second-order valence-electron chi connectivity index (χ2n) is 15.3. The van der Waals surface area contributed by atoms with Crippen molar-refractivity contribution in [2.75, 3.05) is 47.5 Å². The predicted molar refractivity (Wildman–Crippen MR) is 240 cm³/mol. The van der Waals surface area contributed by atoms with Gasteiger partial charge in [0.2, 0.25) is 0 Å². The van der Waals surface area contributed by atoms with Crippen LogP contribution in [-0.2, 0) is 32.7 Å². The lowest BCUT2D eigenvalue weighted by atomic mass is 10.1. The van der Waals surface area contributed by atoms with Crippen LogP contribution in [0.1, 0.15) is 142 Å². The van der Waals surface area contributed by atoms with Crippen LogP contribution in [0.15, 0.2) is 97.2 Å². The van der Waals surface area contributed by atoms with Gasteiger partial charge in [0.25, 0.3) is 7.82 Å². The first kappa shape index (κ1) is 54.9. The Hall–Kier alpha value is -3.07. The molecule has 0 aromatic heterocycles. The average Bonchev–Trinajstić information content (AvgIpc) is 3.17. The number of allylic oxidation sites excluding steroid dienone is 16. The Kier molecular flexibility index (Phi) is 37.3. The number of esters is 2. The van der Waals surface area contributed by atoms with Gasteiger partial charge in [0.1, 0.15) is 19.8 Å². The van der Waals surface area contributed by atoms with Gasteiger partial charge >= 0.3 is 11.9 Å². The molecular weight excluding hydrogens is 750 g/mol. The molecule has 0 saturated heterocycles. The molecule has 1 unspecified atom stereocenters. The molecule has 0 aliphatic heterocycles. The predicted octanol–water partition coefficient (Wildman–Crippen LogP) is 11.9. The van der Waals surface area contributed by atoms with Gasteiger partial charge in [-0.05, 0) is 96.3 Å². The van der Waals surface area contributed by atoms with Crippen LogP contribution in [0.5, 0.6) is 0 Å². The van der Waals surface area contributed by atoms with E-state index in [4.69, 9.17) is 18.5 Å². The molecule has 10 heteroatoms. The van der Waals surface area contributed by atoms with Gasteiger partial charge in [-0.25, -0.2) is 0 Å². The molecule has 0 rings (SSSR count). The van der Waals surface area contributed by atoms with Crippen molar-refractivity contribution in [3.63, 3.8) is 0 Å². The highest BCUT2D eigenvalue weighted by Crippen LogP contribution is 2.38. The number of nitrogens with zero attached hydrogens (tertiary/aromatic N) is 1. The third-order valence-electron chi connectivity index (χ3n) is 8.59.